The van der Waals surface area contributed by atoms with Crippen molar-refractivity contribution in [2.24, 2.45) is 4.99 Å². The second-order valence-corrected chi connectivity index (χ2v) is 9.63. The minimum Gasteiger partial charge on any atom is -0.374 e. The zero-order valence-corrected chi connectivity index (χ0v) is 18.5. The Labute approximate surface area is 182 Å². The summed E-state index contributed by atoms with van der Waals surface area (Å²) in [5.41, 5.74) is 2.40. The van der Waals surface area contributed by atoms with Crippen LogP contribution in [-0.2, 0) is 0 Å². The number of piperidine rings is 1. The molecule has 0 unspecified atom stereocenters. The molecule has 0 radical (unpaired) electrons. The first-order valence-electron chi connectivity index (χ1n) is 11.1. The van der Waals surface area contributed by atoms with Gasteiger partial charge in [-0.1, -0.05) is 0 Å². The fourth-order valence-corrected chi connectivity index (χ4v) is 5.32. The van der Waals surface area contributed by atoms with E-state index in [9.17, 15) is 0 Å². The zero-order chi connectivity index (χ0) is 20.4. The molecule has 0 aromatic carbocycles. The predicted molar refractivity (Wildman–Crippen MR) is 126 cm³/mol. The van der Waals surface area contributed by atoms with Crippen molar-refractivity contribution < 1.29 is 0 Å². The molecule has 0 bridgehead atoms. The Morgan fingerprint density at radius 1 is 1.17 bits per heavy atom. The van der Waals surface area contributed by atoms with Gasteiger partial charge in [0.25, 0.3) is 0 Å². The van der Waals surface area contributed by atoms with Crippen LogP contribution in [0.15, 0.2) is 29.5 Å². The number of thiazole rings is 1. The second-order valence-electron chi connectivity index (χ2n) is 8.60. The van der Waals surface area contributed by atoms with Gasteiger partial charge in [0.15, 0.2) is 0 Å². The first-order chi connectivity index (χ1) is 14.7. The molecule has 158 valence electrons. The molecule has 6 nitrogen and oxygen atoms in total. The number of piperazine rings is 1. The zero-order valence-electron chi connectivity index (χ0n) is 17.7. The maximum absolute atomic E-state index is 4.85. The smallest absolute Gasteiger partial charge is 0.128 e. The Hall–Kier alpha value is -2.25. The van der Waals surface area contributed by atoms with Gasteiger partial charge < -0.3 is 15.1 Å². The summed E-state index contributed by atoms with van der Waals surface area (Å²) in [4.78, 5) is 19.8. The fraction of sp³-hybridized carbons (Fsp3) is 0.522. The van der Waals surface area contributed by atoms with E-state index in [1.54, 1.807) is 18.4 Å². The molecule has 1 saturated carbocycles. The Morgan fingerprint density at radius 3 is 2.77 bits per heavy atom. The molecular weight excluding hydrogens is 392 g/mol. The molecule has 2 aliphatic heterocycles. The van der Waals surface area contributed by atoms with Gasteiger partial charge in [0.2, 0.25) is 0 Å². The van der Waals surface area contributed by atoms with Crippen LogP contribution in [0.1, 0.15) is 42.7 Å². The maximum Gasteiger partial charge on any atom is 0.128 e. The quantitative estimate of drug-likeness (QED) is 0.746. The first kappa shape index (κ1) is 19.7. The highest BCUT2D eigenvalue weighted by Gasteiger charge is 2.44. The van der Waals surface area contributed by atoms with Crippen LogP contribution in [0.3, 0.4) is 0 Å². The van der Waals surface area contributed by atoms with Crippen molar-refractivity contribution in [2.45, 2.75) is 37.6 Å². The van der Waals surface area contributed by atoms with E-state index in [4.69, 9.17) is 9.97 Å². The number of hydrogen-bond donors (Lipinski definition) is 1. The summed E-state index contributed by atoms with van der Waals surface area (Å²) in [6.45, 7) is 5.46. The molecule has 2 aromatic heterocycles. The number of rotatable bonds is 5. The van der Waals surface area contributed by atoms with Crippen LogP contribution < -0.4 is 10.2 Å². The Morgan fingerprint density at radius 2 is 2.03 bits per heavy atom. The van der Waals surface area contributed by atoms with Crippen molar-refractivity contribution in [3.05, 3.63) is 35.1 Å². The van der Waals surface area contributed by atoms with Crippen LogP contribution in [0.4, 0.5) is 5.82 Å². The summed E-state index contributed by atoms with van der Waals surface area (Å²) in [5, 5.41) is 4.67. The van der Waals surface area contributed by atoms with Gasteiger partial charge in [-0.05, 0) is 50.3 Å². The van der Waals surface area contributed by atoms with Gasteiger partial charge in [-0.2, -0.15) is 0 Å². The summed E-state index contributed by atoms with van der Waals surface area (Å²) in [7, 11) is 1.80. The highest BCUT2D eigenvalue weighted by atomic mass is 32.1. The summed E-state index contributed by atoms with van der Waals surface area (Å²) in [5.74, 6) is 1.08. The molecule has 3 fully saturated rings. The maximum atomic E-state index is 4.85. The number of anilines is 1. The normalized spacial score (nSPS) is 21.2. The van der Waals surface area contributed by atoms with Crippen molar-refractivity contribution in [3.8, 4) is 10.6 Å². The molecular formula is C23H30N6S. The van der Waals surface area contributed by atoms with Crippen LogP contribution in [0.2, 0.25) is 0 Å². The number of hydrogen-bond acceptors (Lipinski definition) is 7. The topological polar surface area (TPSA) is 56.7 Å². The average Bonchev–Trinajstić information content (AvgIpc) is 3.40. The first-order valence-corrected chi connectivity index (χ1v) is 11.9. The van der Waals surface area contributed by atoms with E-state index in [1.807, 2.05) is 12.4 Å². The van der Waals surface area contributed by atoms with Crippen molar-refractivity contribution in [1.82, 2.24) is 20.2 Å². The molecule has 7 heteroatoms. The van der Waals surface area contributed by atoms with Crippen LogP contribution in [-0.4, -0.2) is 66.4 Å². The van der Waals surface area contributed by atoms with E-state index in [2.05, 4.69) is 44.5 Å². The standard InChI is InChI=1S/C23H30N6S/c1-24-16-19-20(7-13-28-14-10-26-23(17-28)8-9-23)30-22(27-19)18-5-6-21(25-15-18)29-11-3-2-4-12-29/h5-7,13,15-16,26H,2-4,8-12,14,17H2,1H3/b13-7+,24-16?. The Balaban J connectivity index is 1.34. The Bertz CT molecular complexity index is 922. The molecule has 1 N–H and O–H groups in total. The molecule has 0 amide bonds. The van der Waals surface area contributed by atoms with Gasteiger partial charge >= 0.3 is 0 Å². The molecule has 30 heavy (non-hydrogen) atoms. The van der Waals surface area contributed by atoms with Crippen molar-refractivity contribution in [2.75, 3.05) is 44.7 Å². The third kappa shape index (κ3) is 4.27. The highest BCUT2D eigenvalue weighted by molar-refractivity contribution is 7.16. The summed E-state index contributed by atoms with van der Waals surface area (Å²) < 4.78 is 0. The molecule has 0 atom stereocenters. The monoisotopic (exact) mass is 422 g/mol. The van der Waals surface area contributed by atoms with Crippen LogP contribution in [0, 0.1) is 0 Å². The largest absolute Gasteiger partial charge is 0.374 e. The minimum atomic E-state index is 0.386. The summed E-state index contributed by atoms with van der Waals surface area (Å²) >= 11 is 1.71. The molecule has 2 saturated heterocycles. The van der Waals surface area contributed by atoms with E-state index >= 15 is 0 Å². The SMILES string of the molecule is CN=Cc1nc(-c2ccc(N3CCCCC3)nc2)sc1/C=C/N1CCNC2(CC2)C1. The molecule has 1 spiro atoms. The highest BCUT2D eigenvalue weighted by Crippen LogP contribution is 2.37. The van der Waals surface area contributed by atoms with E-state index in [-0.39, 0.29) is 0 Å². The molecule has 3 aliphatic rings. The number of aromatic nitrogens is 2. The van der Waals surface area contributed by atoms with E-state index in [0.29, 0.717) is 5.54 Å². The van der Waals surface area contributed by atoms with Crippen LogP contribution >= 0.6 is 11.3 Å². The predicted octanol–water partition coefficient (Wildman–Crippen LogP) is 3.65. The van der Waals surface area contributed by atoms with Gasteiger partial charge in [-0.15, -0.1) is 11.3 Å². The van der Waals surface area contributed by atoms with Gasteiger partial charge in [-0.25, -0.2) is 9.97 Å². The number of aliphatic imine (C=N–C) groups is 1. The number of nitrogens with zero attached hydrogens (tertiary/aromatic N) is 5. The van der Waals surface area contributed by atoms with E-state index < -0.39 is 0 Å². The lowest BCUT2D eigenvalue weighted by molar-refractivity contribution is 0.253. The minimum absolute atomic E-state index is 0.386. The summed E-state index contributed by atoms with van der Waals surface area (Å²) in [6.07, 6.45) is 14.7. The third-order valence-corrected chi connectivity index (χ3v) is 7.39. The van der Waals surface area contributed by atoms with Gasteiger partial charge in [0, 0.05) is 69.5 Å². The summed E-state index contributed by atoms with van der Waals surface area (Å²) in [6, 6.07) is 4.30. The van der Waals surface area contributed by atoms with Crippen molar-refractivity contribution in [1.29, 1.82) is 0 Å². The second kappa shape index (κ2) is 8.47. The van der Waals surface area contributed by atoms with Gasteiger partial charge in [-0.3, -0.25) is 4.99 Å². The van der Waals surface area contributed by atoms with Gasteiger partial charge in [0.05, 0.1) is 10.6 Å². The average molecular weight is 423 g/mol. The third-order valence-electron chi connectivity index (χ3n) is 6.30. The van der Waals surface area contributed by atoms with E-state index in [1.165, 1.54) is 32.1 Å². The number of pyridine rings is 1. The molecule has 1 aliphatic carbocycles. The van der Waals surface area contributed by atoms with Gasteiger partial charge in [0.1, 0.15) is 10.8 Å². The molecule has 5 rings (SSSR count). The van der Waals surface area contributed by atoms with Crippen LogP contribution in [0.5, 0.6) is 0 Å². The number of nitrogens with one attached hydrogen (secondary N) is 1. The molecule has 4 heterocycles. The van der Waals surface area contributed by atoms with Crippen molar-refractivity contribution in [3.63, 3.8) is 0 Å². The lowest BCUT2D eigenvalue weighted by Crippen LogP contribution is -2.50. The van der Waals surface area contributed by atoms with Crippen molar-refractivity contribution >= 4 is 29.4 Å². The van der Waals surface area contributed by atoms with E-state index in [0.717, 1.165) is 59.7 Å². The fourth-order valence-electron chi connectivity index (χ4n) is 4.40. The van der Waals surface area contributed by atoms with Crippen LogP contribution in [0.25, 0.3) is 16.6 Å². The Kier molecular flexibility index (Phi) is 5.56. The lowest BCUT2D eigenvalue weighted by Gasteiger charge is -2.33. The molecule has 2 aromatic rings. The lowest BCUT2D eigenvalue weighted by atomic mass is 10.1.